The molecule has 3 rings (SSSR count). The van der Waals surface area contributed by atoms with Crippen LogP contribution >= 0.6 is 0 Å². The number of carbonyl (C=O) groups excluding carboxylic acids is 1. The number of anilines is 1. The zero-order chi connectivity index (χ0) is 17.6. The number of nitriles is 1. The monoisotopic (exact) mass is 327 g/mol. The van der Waals surface area contributed by atoms with Crippen LogP contribution in [0.3, 0.4) is 0 Å². The van der Waals surface area contributed by atoms with Gasteiger partial charge in [-0.05, 0) is 54.5 Å². The normalized spacial score (nSPS) is 11.0. The molecule has 0 saturated carbocycles. The molecule has 1 heterocycles. The maximum absolute atomic E-state index is 12.3. The summed E-state index contributed by atoms with van der Waals surface area (Å²) in [6, 6.07) is 21.2. The summed E-state index contributed by atoms with van der Waals surface area (Å²) >= 11 is 0. The largest absolute Gasteiger partial charge is 0.323 e. The first-order chi connectivity index (χ1) is 12.2. The smallest absolute Gasteiger partial charge is 0.266 e. The molecule has 122 valence electrons. The molecule has 0 saturated heterocycles. The summed E-state index contributed by atoms with van der Waals surface area (Å²) in [5, 5.41) is 12.1. The average molecular weight is 327 g/mol. The second-order valence-corrected chi connectivity index (χ2v) is 5.68. The predicted molar refractivity (Wildman–Crippen MR) is 99.2 cm³/mol. The van der Waals surface area contributed by atoms with Gasteiger partial charge in [0.1, 0.15) is 11.6 Å². The van der Waals surface area contributed by atoms with Gasteiger partial charge in [-0.25, -0.2) is 0 Å². The number of carbonyl (C=O) groups is 1. The van der Waals surface area contributed by atoms with Crippen LogP contribution in [-0.4, -0.2) is 10.5 Å². The van der Waals surface area contributed by atoms with Gasteiger partial charge in [0.25, 0.3) is 5.91 Å². The van der Waals surface area contributed by atoms with Crippen LogP contribution in [-0.2, 0) is 4.79 Å². The van der Waals surface area contributed by atoms with E-state index in [-0.39, 0.29) is 5.57 Å². The zero-order valence-corrected chi connectivity index (χ0v) is 13.8. The first-order valence-corrected chi connectivity index (χ1v) is 7.89. The third-order valence-electron chi connectivity index (χ3n) is 3.72. The van der Waals surface area contributed by atoms with Crippen LogP contribution in [0.4, 0.5) is 5.69 Å². The van der Waals surface area contributed by atoms with Crippen molar-refractivity contribution in [2.24, 2.45) is 0 Å². The highest BCUT2D eigenvalue weighted by atomic mass is 16.1. The highest BCUT2D eigenvalue weighted by Gasteiger charge is 2.10. The van der Waals surface area contributed by atoms with Crippen LogP contribution in [0.2, 0.25) is 0 Å². The molecule has 1 N–H and O–H groups in total. The van der Waals surface area contributed by atoms with Crippen LogP contribution in [0.15, 0.2) is 78.6 Å². The summed E-state index contributed by atoms with van der Waals surface area (Å²) in [4.78, 5) is 12.3. The van der Waals surface area contributed by atoms with Crippen molar-refractivity contribution in [3.63, 3.8) is 0 Å². The number of benzene rings is 2. The Hall–Kier alpha value is -3.58. The van der Waals surface area contributed by atoms with Crippen molar-refractivity contribution in [3.05, 3.63) is 89.8 Å². The number of hydrogen-bond acceptors (Lipinski definition) is 2. The quantitative estimate of drug-likeness (QED) is 0.573. The minimum absolute atomic E-state index is 0.0623. The highest BCUT2D eigenvalue weighted by molar-refractivity contribution is 6.09. The van der Waals surface area contributed by atoms with E-state index in [0.717, 1.165) is 16.8 Å². The lowest BCUT2D eigenvalue weighted by atomic mass is 10.1. The molecule has 0 spiro atoms. The number of nitrogens with zero attached hydrogens (tertiary/aromatic N) is 2. The van der Waals surface area contributed by atoms with E-state index in [4.69, 9.17) is 0 Å². The number of para-hydroxylation sites is 1. The van der Waals surface area contributed by atoms with Crippen LogP contribution in [0, 0.1) is 18.3 Å². The number of aryl methyl sites for hydroxylation is 1. The first-order valence-electron chi connectivity index (χ1n) is 7.89. The van der Waals surface area contributed by atoms with Crippen molar-refractivity contribution in [1.82, 2.24) is 4.57 Å². The Balaban J connectivity index is 1.80. The molecular formula is C21H17N3O. The van der Waals surface area contributed by atoms with E-state index in [2.05, 4.69) is 5.32 Å². The molecule has 0 unspecified atom stereocenters. The number of aromatic nitrogens is 1. The Kier molecular flexibility index (Phi) is 4.77. The second kappa shape index (κ2) is 7.33. The molecule has 0 fully saturated rings. The molecule has 2 aromatic carbocycles. The van der Waals surface area contributed by atoms with Crippen LogP contribution in [0.5, 0.6) is 0 Å². The summed E-state index contributed by atoms with van der Waals surface area (Å²) in [6.45, 7) is 1.95. The van der Waals surface area contributed by atoms with Crippen molar-refractivity contribution in [2.75, 3.05) is 5.32 Å². The molecule has 0 aliphatic carbocycles. The SMILES string of the molecule is Cc1cccc(NC(=O)/C(C#N)=C/c2ccn(-c3ccccc3)c2)c1. The molecule has 0 bridgehead atoms. The van der Waals surface area contributed by atoms with Crippen molar-refractivity contribution in [1.29, 1.82) is 5.26 Å². The predicted octanol–water partition coefficient (Wildman–Crippen LogP) is 4.33. The molecule has 0 aliphatic heterocycles. The van der Waals surface area contributed by atoms with Gasteiger partial charge in [0.15, 0.2) is 0 Å². The third-order valence-corrected chi connectivity index (χ3v) is 3.72. The van der Waals surface area contributed by atoms with Crippen molar-refractivity contribution < 1.29 is 4.79 Å². The lowest BCUT2D eigenvalue weighted by Gasteiger charge is -2.04. The standard InChI is InChI=1S/C21H17N3O/c1-16-6-5-7-19(12-16)23-21(25)18(14-22)13-17-10-11-24(15-17)20-8-3-2-4-9-20/h2-13,15H,1H3,(H,23,25)/b18-13+. The van der Waals surface area contributed by atoms with Gasteiger partial charge in [0.2, 0.25) is 0 Å². The lowest BCUT2D eigenvalue weighted by Crippen LogP contribution is -2.13. The number of hydrogen-bond donors (Lipinski definition) is 1. The van der Waals surface area contributed by atoms with E-state index >= 15 is 0 Å². The summed E-state index contributed by atoms with van der Waals surface area (Å²) in [7, 11) is 0. The maximum Gasteiger partial charge on any atom is 0.266 e. The van der Waals surface area contributed by atoms with Gasteiger partial charge in [0.05, 0.1) is 0 Å². The van der Waals surface area contributed by atoms with E-state index < -0.39 is 5.91 Å². The second-order valence-electron chi connectivity index (χ2n) is 5.68. The topological polar surface area (TPSA) is 57.8 Å². The fraction of sp³-hybridized carbons (Fsp3) is 0.0476. The maximum atomic E-state index is 12.3. The van der Waals surface area contributed by atoms with Crippen molar-refractivity contribution in [2.45, 2.75) is 6.92 Å². The molecule has 4 heteroatoms. The Morgan fingerprint density at radius 3 is 2.64 bits per heavy atom. The number of rotatable bonds is 4. The first kappa shape index (κ1) is 16.3. The van der Waals surface area contributed by atoms with E-state index in [1.165, 1.54) is 0 Å². The molecule has 25 heavy (non-hydrogen) atoms. The van der Waals surface area contributed by atoms with Crippen molar-refractivity contribution >= 4 is 17.7 Å². The molecule has 0 radical (unpaired) electrons. The molecular weight excluding hydrogens is 310 g/mol. The minimum Gasteiger partial charge on any atom is -0.323 e. The Morgan fingerprint density at radius 1 is 1.12 bits per heavy atom. The summed E-state index contributed by atoms with van der Waals surface area (Å²) in [5.41, 5.74) is 3.59. The molecule has 1 aromatic heterocycles. The Bertz CT molecular complexity index is 962. The lowest BCUT2D eigenvalue weighted by molar-refractivity contribution is -0.112. The van der Waals surface area contributed by atoms with Gasteiger partial charge in [0, 0.05) is 23.8 Å². The minimum atomic E-state index is -0.416. The van der Waals surface area contributed by atoms with Gasteiger partial charge < -0.3 is 9.88 Å². The Morgan fingerprint density at radius 2 is 1.92 bits per heavy atom. The van der Waals surface area contributed by atoms with Gasteiger partial charge in [-0.3, -0.25) is 4.79 Å². The molecule has 0 atom stereocenters. The fourth-order valence-corrected chi connectivity index (χ4v) is 2.50. The van der Waals surface area contributed by atoms with Gasteiger partial charge in [-0.2, -0.15) is 5.26 Å². The van der Waals surface area contributed by atoms with E-state index in [1.54, 1.807) is 12.1 Å². The van der Waals surface area contributed by atoms with E-state index in [1.807, 2.05) is 84.6 Å². The Labute approximate surface area is 146 Å². The highest BCUT2D eigenvalue weighted by Crippen LogP contribution is 2.15. The zero-order valence-electron chi connectivity index (χ0n) is 13.8. The van der Waals surface area contributed by atoms with E-state index in [9.17, 15) is 10.1 Å². The summed E-state index contributed by atoms with van der Waals surface area (Å²) in [5.74, 6) is -0.416. The molecule has 3 aromatic rings. The number of nitrogens with one attached hydrogen (secondary N) is 1. The van der Waals surface area contributed by atoms with E-state index in [0.29, 0.717) is 5.69 Å². The van der Waals surface area contributed by atoms with Gasteiger partial charge in [-0.15, -0.1) is 0 Å². The van der Waals surface area contributed by atoms with Crippen molar-refractivity contribution in [3.8, 4) is 11.8 Å². The van der Waals surface area contributed by atoms with Gasteiger partial charge in [-0.1, -0.05) is 30.3 Å². The van der Waals surface area contributed by atoms with Crippen LogP contribution in [0.25, 0.3) is 11.8 Å². The summed E-state index contributed by atoms with van der Waals surface area (Å²) in [6.07, 6.45) is 5.37. The van der Waals surface area contributed by atoms with Gasteiger partial charge >= 0.3 is 0 Å². The third kappa shape index (κ3) is 4.04. The average Bonchev–Trinajstić information content (AvgIpc) is 3.09. The fourth-order valence-electron chi connectivity index (χ4n) is 2.50. The molecule has 1 amide bonds. The van der Waals surface area contributed by atoms with Crippen LogP contribution in [0.1, 0.15) is 11.1 Å². The molecule has 4 nitrogen and oxygen atoms in total. The summed E-state index contributed by atoms with van der Waals surface area (Å²) < 4.78 is 1.94. The number of amides is 1. The molecule has 0 aliphatic rings. The van der Waals surface area contributed by atoms with Crippen LogP contribution < -0.4 is 5.32 Å².